The van der Waals surface area contributed by atoms with E-state index < -0.39 is 5.56 Å². The maximum Gasteiger partial charge on any atom is 0.261 e. The number of halogens is 1. The number of amides is 1. The molecule has 0 radical (unpaired) electrons. The van der Waals surface area contributed by atoms with Gasteiger partial charge in [-0.25, -0.2) is 4.39 Å². The summed E-state index contributed by atoms with van der Waals surface area (Å²) in [6.45, 7) is 0.365. The van der Waals surface area contributed by atoms with Gasteiger partial charge in [-0.2, -0.15) is 0 Å². The highest BCUT2D eigenvalue weighted by atomic mass is 19.1. The monoisotopic (exact) mass is 362 g/mol. The number of hydrogen-bond donors (Lipinski definition) is 1. The van der Waals surface area contributed by atoms with Gasteiger partial charge in [-0.15, -0.1) is 0 Å². The summed E-state index contributed by atoms with van der Waals surface area (Å²) < 4.78 is 13.1. The fourth-order valence-electron chi connectivity index (χ4n) is 3.12. The molecule has 1 N–H and O–H groups in total. The van der Waals surface area contributed by atoms with E-state index in [0.29, 0.717) is 12.2 Å². The summed E-state index contributed by atoms with van der Waals surface area (Å²) in [6.07, 6.45) is 1.85. The number of pyridine rings is 1. The smallest absolute Gasteiger partial charge is 0.261 e. The van der Waals surface area contributed by atoms with Crippen LogP contribution in [0.2, 0.25) is 0 Å². The summed E-state index contributed by atoms with van der Waals surface area (Å²) in [4.78, 5) is 30.1. The van der Waals surface area contributed by atoms with Crippen LogP contribution in [0.3, 0.4) is 0 Å². The van der Waals surface area contributed by atoms with Crippen molar-refractivity contribution in [3.8, 4) is 11.3 Å². The van der Waals surface area contributed by atoms with E-state index in [1.165, 1.54) is 12.1 Å². The van der Waals surface area contributed by atoms with Crippen molar-refractivity contribution >= 4 is 5.91 Å². The molecule has 4 rings (SSSR count). The Labute approximate surface area is 156 Å². The van der Waals surface area contributed by atoms with E-state index in [-0.39, 0.29) is 23.3 Å². The number of hydrogen-bond acceptors (Lipinski definition) is 2. The highest BCUT2D eigenvalue weighted by molar-refractivity contribution is 5.94. The summed E-state index contributed by atoms with van der Waals surface area (Å²) in [5, 5.41) is 0. The lowest BCUT2D eigenvalue weighted by Gasteiger charge is -2.22. The van der Waals surface area contributed by atoms with Gasteiger partial charge in [0.1, 0.15) is 11.4 Å². The van der Waals surface area contributed by atoms with E-state index in [9.17, 15) is 14.0 Å². The molecule has 1 amide bonds. The number of benzene rings is 2. The Kier molecular flexibility index (Phi) is 4.59. The zero-order valence-corrected chi connectivity index (χ0v) is 14.7. The third kappa shape index (κ3) is 3.82. The average molecular weight is 362 g/mol. The van der Waals surface area contributed by atoms with Crippen molar-refractivity contribution in [3.05, 3.63) is 94.0 Å². The van der Waals surface area contributed by atoms with Gasteiger partial charge in [0.2, 0.25) is 0 Å². The lowest BCUT2D eigenvalue weighted by molar-refractivity contribution is 0.0728. The molecule has 2 aromatic carbocycles. The van der Waals surface area contributed by atoms with Crippen LogP contribution in [0, 0.1) is 5.82 Å². The molecule has 0 aliphatic heterocycles. The van der Waals surface area contributed by atoms with Crippen molar-refractivity contribution in [2.75, 3.05) is 0 Å². The van der Waals surface area contributed by atoms with Gasteiger partial charge in [0.05, 0.1) is 0 Å². The number of aromatic amines is 1. The number of carbonyl (C=O) groups excluding carboxylic acids is 1. The molecule has 0 unspecified atom stereocenters. The van der Waals surface area contributed by atoms with Crippen molar-refractivity contribution in [3.63, 3.8) is 0 Å². The van der Waals surface area contributed by atoms with Gasteiger partial charge in [-0.1, -0.05) is 42.5 Å². The Morgan fingerprint density at radius 1 is 1.00 bits per heavy atom. The maximum absolute atomic E-state index is 13.1. The van der Waals surface area contributed by atoms with Gasteiger partial charge < -0.3 is 9.88 Å². The van der Waals surface area contributed by atoms with Crippen LogP contribution in [-0.4, -0.2) is 21.8 Å². The summed E-state index contributed by atoms with van der Waals surface area (Å²) >= 11 is 0. The van der Waals surface area contributed by atoms with Crippen molar-refractivity contribution in [2.45, 2.75) is 25.4 Å². The fourth-order valence-corrected chi connectivity index (χ4v) is 3.12. The molecule has 0 bridgehead atoms. The molecular formula is C22H19FN2O2. The molecule has 5 heteroatoms. The van der Waals surface area contributed by atoms with Gasteiger partial charge >= 0.3 is 0 Å². The first-order valence-corrected chi connectivity index (χ1v) is 8.96. The van der Waals surface area contributed by atoms with Crippen LogP contribution in [0.15, 0.2) is 71.5 Å². The molecule has 0 saturated heterocycles. The molecule has 1 aromatic heterocycles. The third-order valence-corrected chi connectivity index (χ3v) is 4.74. The summed E-state index contributed by atoms with van der Waals surface area (Å²) in [5.74, 6) is -0.598. The SMILES string of the molecule is O=C(c1ccc(-c2ccccc2)[nH]c1=O)N(Cc1ccc(F)cc1)C1CC1. The van der Waals surface area contributed by atoms with E-state index in [1.54, 1.807) is 29.2 Å². The molecule has 0 atom stereocenters. The third-order valence-electron chi connectivity index (χ3n) is 4.74. The number of H-pyrrole nitrogens is 1. The van der Waals surface area contributed by atoms with Crippen molar-refractivity contribution in [1.82, 2.24) is 9.88 Å². The van der Waals surface area contributed by atoms with Crippen LogP contribution in [-0.2, 0) is 6.54 Å². The Morgan fingerprint density at radius 3 is 2.33 bits per heavy atom. The fraction of sp³-hybridized carbons (Fsp3) is 0.182. The maximum atomic E-state index is 13.1. The molecule has 0 spiro atoms. The summed E-state index contributed by atoms with van der Waals surface area (Å²) in [6, 6.07) is 19.1. The van der Waals surface area contributed by atoms with Crippen LogP contribution in [0.4, 0.5) is 4.39 Å². The van der Waals surface area contributed by atoms with E-state index in [0.717, 1.165) is 24.0 Å². The average Bonchev–Trinajstić information content (AvgIpc) is 3.53. The first kappa shape index (κ1) is 17.2. The molecular weight excluding hydrogens is 343 g/mol. The quantitative estimate of drug-likeness (QED) is 0.746. The Morgan fingerprint density at radius 2 is 1.70 bits per heavy atom. The van der Waals surface area contributed by atoms with Crippen LogP contribution in [0.1, 0.15) is 28.8 Å². The number of nitrogens with one attached hydrogen (secondary N) is 1. The molecule has 3 aromatic rings. The molecule has 1 aliphatic rings. The normalized spacial score (nSPS) is 13.4. The van der Waals surface area contributed by atoms with Crippen LogP contribution in [0.5, 0.6) is 0 Å². The molecule has 1 heterocycles. The molecule has 27 heavy (non-hydrogen) atoms. The summed E-state index contributed by atoms with van der Waals surface area (Å²) in [5.41, 5.74) is 2.14. The molecule has 1 fully saturated rings. The predicted octanol–water partition coefficient (Wildman–Crippen LogP) is 3.99. The van der Waals surface area contributed by atoms with E-state index in [2.05, 4.69) is 4.98 Å². The van der Waals surface area contributed by atoms with Crippen LogP contribution in [0.25, 0.3) is 11.3 Å². The zero-order valence-electron chi connectivity index (χ0n) is 14.7. The second-order valence-corrected chi connectivity index (χ2v) is 6.77. The van der Waals surface area contributed by atoms with E-state index in [4.69, 9.17) is 0 Å². The van der Waals surface area contributed by atoms with Crippen LogP contribution >= 0.6 is 0 Å². The van der Waals surface area contributed by atoms with E-state index in [1.807, 2.05) is 30.3 Å². The Bertz CT molecular complexity index is 1010. The second-order valence-electron chi connectivity index (χ2n) is 6.77. The minimum absolute atomic E-state index is 0.128. The number of carbonyl (C=O) groups is 1. The van der Waals surface area contributed by atoms with Gasteiger partial charge in [0.25, 0.3) is 11.5 Å². The lowest BCUT2D eigenvalue weighted by Crippen LogP contribution is -2.36. The number of nitrogens with zero attached hydrogens (tertiary/aromatic N) is 1. The standard InChI is InChI=1S/C22H19FN2O2/c23-17-8-6-15(7-9-17)14-25(18-10-11-18)22(27)19-12-13-20(24-21(19)26)16-4-2-1-3-5-16/h1-9,12-13,18H,10-11,14H2,(H,24,26). The Hall–Kier alpha value is -3.21. The predicted molar refractivity (Wildman–Crippen MR) is 102 cm³/mol. The minimum Gasteiger partial charge on any atom is -0.331 e. The van der Waals surface area contributed by atoms with Crippen molar-refractivity contribution < 1.29 is 9.18 Å². The first-order chi connectivity index (χ1) is 13.1. The second kappa shape index (κ2) is 7.19. The molecule has 4 nitrogen and oxygen atoms in total. The molecule has 1 saturated carbocycles. The molecule has 136 valence electrons. The van der Waals surface area contributed by atoms with Crippen molar-refractivity contribution in [2.24, 2.45) is 0 Å². The highest BCUT2D eigenvalue weighted by Crippen LogP contribution is 2.29. The number of rotatable bonds is 5. The van der Waals surface area contributed by atoms with Gasteiger partial charge in [-0.05, 0) is 48.2 Å². The first-order valence-electron chi connectivity index (χ1n) is 8.96. The van der Waals surface area contributed by atoms with Crippen molar-refractivity contribution in [1.29, 1.82) is 0 Å². The minimum atomic E-state index is -0.397. The Balaban J connectivity index is 1.60. The van der Waals surface area contributed by atoms with Gasteiger partial charge in [0.15, 0.2) is 0 Å². The topological polar surface area (TPSA) is 53.2 Å². The molecule has 1 aliphatic carbocycles. The van der Waals surface area contributed by atoms with Gasteiger partial charge in [0, 0.05) is 18.3 Å². The highest BCUT2D eigenvalue weighted by Gasteiger charge is 2.34. The van der Waals surface area contributed by atoms with E-state index >= 15 is 0 Å². The van der Waals surface area contributed by atoms with Crippen LogP contribution < -0.4 is 5.56 Å². The van der Waals surface area contributed by atoms with Gasteiger partial charge in [-0.3, -0.25) is 9.59 Å². The largest absolute Gasteiger partial charge is 0.331 e. The summed E-state index contributed by atoms with van der Waals surface area (Å²) in [7, 11) is 0. The zero-order chi connectivity index (χ0) is 18.8. The lowest BCUT2D eigenvalue weighted by atomic mass is 10.1. The number of aromatic nitrogens is 1.